The van der Waals surface area contributed by atoms with Gasteiger partial charge in [-0.3, -0.25) is 4.79 Å². The summed E-state index contributed by atoms with van der Waals surface area (Å²) in [6, 6.07) is 15.7. The third kappa shape index (κ3) is 5.83. The maximum absolute atomic E-state index is 12.3. The highest BCUT2D eigenvalue weighted by atomic mass is 16.5. The highest BCUT2D eigenvalue weighted by Crippen LogP contribution is 2.22. The van der Waals surface area contributed by atoms with E-state index < -0.39 is 0 Å². The normalized spacial score (nSPS) is 16.0. The van der Waals surface area contributed by atoms with Crippen LogP contribution in [0.3, 0.4) is 0 Å². The minimum absolute atomic E-state index is 0.256. The van der Waals surface area contributed by atoms with Crippen LogP contribution in [0.15, 0.2) is 48.5 Å². The Bertz CT molecular complexity index is 833. The van der Waals surface area contributed by atoms with Gasteiger partial charge in [-0.1, -0.05) is 24.3 Å². The predicted octanol–water partition coefficient (Wildman–Crippen LogP) is 3.20. The number of rotatable bonds is 10. The topological polar surface area (TPSA) is 67.9 Å². The third-order valence-corrected chi connectivity index (χ3v) is 5.61. The first kappa shape index (κ1) is 21.8. The van der Waals surface area contributed by atoms with E-state index in [-0.39, 0.29) is 11.9 Å². The molecule has 2 aromatic rings. The monoisotopic (exact) mass is 410 g/mol. The lowest BCUT2D eigenvalue weighted by molar-refractivity contribution is -0.129. The lowest BCUT2D eigenvalue weighted by atomic mass is 10.1. The summed E-state index contributed by atoms with van der Waals surface area (Å²) in [4.78, 5) is 25.8. The number of hydrogen-bond donors (Lipinski definition) is 1. The largest absolute Gasteiger partial charge is 0.497 e. The van der Waals surface area contributed by atoms with E-state index in [0.717, 1.165) is 50.2 Å². The number of esters is 1. The van der Waals surface area contributed by atoms with Crippen LogP contribution in [0.2, 0.25) is 0 Å². The number of ether oxygens (including phenoxy) is 2. The highest BCUT2D eigenvalue weighted by Gasteiger charge is 2.29. The fourth-order valence-corrected chi connectivity index (χ4v) is 3.82. The molecule has 0 aromatic heterocycles. The number of methoxy groups -OCH3 is 2. The van der Waals surface area contributed by atoms with Gasteiger partial charge in [0.2, 0.25) is 5.91 Å². The summed E-state index contributed by atoms with van der Waals surface area (Å²) in [5, 5.41) is 3.45. The van der Waals surface area contributed by atoms with E-state index in [1.54, 1.807) is 19.2 Å². The van der Waals surface area contributed by atoms with E-state index >= 15 is 0 Å². The van der Waals surface area contributed by atoms with Gasteiger partial charge in [0.15, 0.2) is 0 Å². The summed E-state index contributed by atoms with van der Waals surface area (Å²) in [5.74, 6) is 0.780. The van der Waals surface area contributed by atoms with Crippen LogP contribution in [-0.2, 0) is 22.5 Å². The van der Waals surface area contributed by atoms with Crippen molar-refractivity contribution < 1.29 is 19.1 Å². The van der Waals surface area contributed by atoms with Crippen LogP contribution in [0.25, 0.3) is 0 Å². The second kappa shape index (κ2) is 10.8. The van der Waals surface area contributed by atoms with Crippen LogP contribution in [0, 0.1) is 0 Å². The fraction of sp³-hybridized carbons (Fsp3) is 0.417. The first-order valence-electron chi connectivity index (χ1n) is 10.4. The maximum atomic E-state index is 12.3. The van der Waals surface area contributed by atoms with Crippen LogP contribution in [-0.4, -0.2) is 50.1 Å². The van der Waals surface area contributed by atoms with Gasteiger partial charge in [-0.05, 0) is 61.2 Å². The molecule has 1 aliphatic rings. The van der Waals surface area contributed by atoms with Crippen LogP contribution < -0.4 is 10.1 Å². The van der Waals surface area contributed by atoms with E-state index in [1.165, 1.54) is 12.7 Å². The van der Waals surface area contributed by atoms with Crippen molar-refractivity contribution in [2.24, 2.45) is 0 Å². The Morgan fingerprint density at radius 2 is 1.77 bits per heavy atom. The summed E-state index contributed by atoms with van der Waals surface area (Å²) in [5.41, 5.74) is 2.88. The summed E-state index contributed by atoms with van der Waals surface area (Å²) in [7, 11) is 3.04. The molecule has 0 spiro atoms. The van der Waals surface area contributed by atoms with Crippen molar-refractivity contribution in [1.82, 2.24) is 10.2 Å². The molecule has 160 valence electrons. The van der Waals surface area contributed by atoms with Crippen LogP contribution >= 0.6 is 0 Å². The molecule has 1 fully saturated rings. The van der Waals surface area contributed by atoms with Crippen molar-refractivity contribution in [2.45, 2.75) is 38.3 Å². The van der Waals surface area contributed by atoms with Gasteiger partial charge in [0.25, 0.3) is 0 Å². The number of likely N-dealkylation sites (tertiary alicyclic amines) is 1. The van der Waals surface area contributed by atoms with Gasteiger partial charge in [-0.15, -0.1) is 0 Å². The quantitative estimate of drug-likeness (QED) is 0.481. The fourth-order valence-electron chi connectivity index (χ4n) is 3.82. The SMILES string of the molecule is COC(=O)c1ccc(CNCCC2CCC(=O)N2CCc2ccc(OC)cc2)cc1. The van der Waals surface area contributed by atoms with E-state index in [1.807, 2.05) is 29.2 Å². The van der Waals surface area contributed by atoms with Gasteiger partial charge in [0.05, 0.1) is 19.8 Å². The van der Waals surface area contributed by atoms with Gasteiger partial charge in [0, 0.05) is 25.6 Å². The third-order valence-electron chi connectivity index (χ3n) is 5.61. The minimum atomic E-state index is -0.324. The molecule has 2 aromatic carbocycles. The molecule has 1 aliphatic heterocycles. The molecule has 30 heavy (non-hydrogen) atoms. The average molecular weight is 411 g/mol. The van der Waals surface area contributed by atoms with Crippen molar-refractivity contribution in [1.29, 1.82) is 0 Å². The Labute approximate surface area is 178 Å². The number of carbonyl (C=O) groups is 2. The molecule has 0 saturated carbocycles. The first-order valence-corrected chi connectivity index (χ1v) is 10.4. The van der Waals surface area contributed by atoms with Crippen LogP contribution in [0.4, 0.5) is 0 Å². The summed E-state index contributed by atoms with van der Waals surface area (Å²) >= 11 is 0. The van der Waals surface area contributed by atoms with Gasteiger partial charge in [-0.2, -0.15) is 0 Å². The molecule has 0 radical (unpaired) electrons. The lowest BCUT2D eigenvalue weighted by Crippen LogP contribution is -2.36. The van der Waals surface area contributed by atoms with E-state index in [0.29, 0.717) is 18.0 Å². The minimum Gasteiger partial charge on any atom is -0.497 e. The number of nitrogens with one attached hydrogen (secondary N) is 1. The molecular formula is C24H30N2O4. The van der Waals surface area contributed by atoms with Crippen molar-refractivity contribution >= 4 is 11.9 Å². The number of carbonyl (C=O) groups excluding carboxylic acids is 2. The molecule has 1 amide bonds. The van der Waals surface area contributed by atoms with E-state index in [4.69, 9.17) is 9.47 Å². The highest BCUT2D eigenvalue weighted by molar-refractivity contribution is 5.89. The summed E-state index contributed by atoms with van der Waals surface area (Å²) < 4.78 is 9.91. The molecule has 0 aliphatic carbocycles. The van der Waals surface area contributed by atoms with Crippen LogP contribution in [0.5, 0.6) is 5.75 Å². The van der Waals surface area contributed by atoms with Crippen molar-refractivity contribution in [3.63, 3.8) is 0 Å². The Balaban J connectivity index is 1.42. The van der Waals surface area contributed by atoms with Crippen molar-refractivity contribution in [3.8, 4) is 5.75 Å². The molecule has 1 atom stereocenters. The number of amides is 1. The van der Waals surface area contributed by atoms with Crippen molar-refractivity contribution in [3.05, 3.63) is 65.2 Å². The van der Waals surface area contributed by atoms with E-state index in [9.17, 15) is 9.59 Å². The van der Waals surface area contributed by atoms with Gasteiger partial charge < -0.3 is 19.7 Å². The smallest absolute Gasteiger partial charge is 0.337 e. The number of nitrogens with zero attached hydrogens (tertiary/aromatic N) is 1. The average Bonchev–Trinajstić information content (AvgIpc) is 3.14. The lowest BCUT2D eigenvalue weighted by Gasteiger charge is -2.25. The number of benzene rings is 2. The summed E-state index contributed by atoms with van der Waals surface area (Å²) in [6.45, 7) is 2.33. The van der Waals surface area contributed by atoms with Crippen molar-refractivity contribution in [2.75, 3.05) is 27.3 Å². The standard InChI is InChI=1S/C24H30N2O4/c1-29-22-10-5-18(6-11-22)14-16-26-21(9-12-23(26)27)13-15-25-17-19-3-7-20(8-4-19)24(28)30-2/h3-8,10-11,21,25H,9,12-17H2,1-2H3. The molecule has 1 N–H and O–H groups in total. The molecule has 0 bridgehead atoms. The number of hydrogen-bond acceptors (Lipinski definition) is 5. The molecule has 1 heterocycles. The molecule has 6 nitrogen and oxygen atoms in total. The summed E-state index contributed by atoms with van der Waals surface area (Å²) in [6.07, 6.45) is 3.36. The Morgan fingerprint density at radius 3 is 2.43 bits per heavy atom. The zero-order chi connectivity index (χ0) is 21.3. The second-order valence-corrected chi connectivity index (χ2v) is 7.53. The van der Waals surface area contributed by atoms with Gasteiger partial charge in [0.1, 0.15) is 5.75 Å². The molecule has 3 rings (SSSR count). The second-order valence-electron chi connectivity index (χ2n) is 7.53. The molecule has 1 saturated heterocycles. The van der Waals surface area contributed by atoms with E-state index in [2.05, 4.69) is 17.4 Å². The maximum Gasteiger partial charge on any atom is 0.337 e. The van der Waals surface area contributed by atoms with Gasteiger partial charge in [-0.25, -0.2) is 4.79 Å². The van der Waals surface area contributed by atoms with Crippen LogP contribution in [0.1, 0.15) is 40.7 Å². The Hall–Kier alpha value is -2.86. The predicted molar refractivity (Wildman–Crippen MR) is 116 cm³/mol. The first-order chi connectivity index (χ1) is 14.6. The zero-order valence-electron chi connectivity index (χ0n) is 17.7. The molecule has 6 heteroatoms. The van der Waals surface area contributed by atoms with Gasteiger partial charge >= 0.3 is 5.97 Å². The Kier molecular flexibility index (Phi) is 7.85. The molecular weight excluding hydrogens is 380 g/mol. The Morgan fingerprint density at radius 1 is 1.07 bits per heavy atom. The molecule has 1 unspecified atom stereocenters. The zero-order valence-corrected chi connectivity index (χ0v) is 17.7.